The van der Waals surface area contributed by atoms with Crippen LogP contribution in [0.5, 0.6) is 0 Å². The molecule has 4 rings (SSSR count). The van der Waals surface area contributed by atoms with Crippen molar-refractivity contribution in [3.63, 3.8) is 0 Å². The summed E-state index contributed by atoms with van der Waals surface area (Å²) in [6.07, 6.45) is 2.89. The summed E-state index contributed by atoms with van der Waals surface area (Å²) in [5, 5.41) is 0. The zero-order chi connectivity index (χ0) is 18.8. The van der Waals surface area contributed by atoms with Gasteiger partial charge >= 0.3 is 5.69 Å². The third-order valence-corrected chi connectivity index (χ3v) is 4.90. The van der Waals surface area contributed by atoms with Gasteiger partial charge in [-0.1, -0.05) is 0 Å². The van der Waals surface area contributed by atoms with Gasteiger partial charge in [0.05, 0.1) is 17.5 Å². The molecule has 2 amide bonds. The fourth-order valence-electron chi connectivity index (χ4n) is 3.47. The van der Waals surface area contributed by atoms with Gasteiger partial charge in [0.15, 0.2) is 0 Å². The lowest BCUT2D eigenvalue weighted by atomic mass is 10.1. The van der Waals surface area contributed by atoms with Crippen molar-refractivity contribution in [1.29, 1.82) is 0 Å². The Kier molecular flexibility index (Phi) is 4.53. The fourth-order valence-corrected chi connectivity index (χ4v) is 3.47. The van der Waals surface area contributed by atoms with E-state index in [0.717, 1.165) is 12.1 Å². The molecule has 0 unspecified atom stereocenters. The normalized spacial score (nSPS) is 15.1. The van der Waals surface area contributed by atoms with E-state index < -0.39 is 0 Å². The summed E-state index contributed by atoms with van der Waals surface area (Å²) >= 11 is 0. The van der Waals surface area contributed by atoms with Crippen molar-refractivity contribution in [2.24, 2.45) is 0 Å². The third-order valence-electron chi connectivity index (χ3n) is 4.90. The highest BCUT2D eigenvalue weighted by molar-refractivity contribution is 5.97. The second kappa shape index (κ2) is 7.14. The number of aromatic nitrogens is 3. The second-order valence-electron chi connectivity index (χ2n) is 6.74. The van der Waals surface area contributed by atoms with Crippen LogP contribution in [-0.4, -0.2) is 62.7 Å². The molecule has 140 valence electrons. The van der Waals surface area contributed by atoms with Gasteiger partial charge in [0.2, 0.25) is 5.91 Å². The minimum absolute atomic E-state index is 0.0677. The van der Waals surface area contributed by atoms with Gasteiger partial charge in [-0.2, -0.15) is 0 Å². The number of imidazole rings is 1. The highest BCUT2D eigenvalue weighted by Crippen LogP contribution is 2.14. The Hall–Kier alpha value is -3.29. The van der Waals surface area contributed by atoms with Crippen LogP contribution in [0.25, 0.3) is 11.0 Å². The molecule has 1 saturated heterocycles. The topological polar surface area (TPSA) is 105 Å². The fraction of sp³-hybridized carbons (Fsp3) is 0.316. The molecule has 2 aromatic heterocycles. The molecule has 0 atom stereocenters. The van der Waals surface area contributed by atoms with Gasteiger partial charge in [-0.25, -0.2) is 4.79 Å². The Bertz CT molecular complexity index is 1020. The number of carbonyl (C=O) groups is 2. The Balaban J connectivity index is 1.42. The maximum absolute atomic E-state index is 12.9. The van der Waals surface area contributed by atoms with Crippen LogP contribution in [0.15, 0.2) is 41.3 Å². The first-order chi connectivity index (χ1) is 13.1. The van der Waals surface area contributed by atoms with E-state index in [9.17, 15) is 14.4 Å². The molecule has 0 aliphatic carbocycles. The SMILES string of the molecule is O=C(Cc1ccc[nH]1)N1CCCN(C(=O)c2ccc3[nH]c(=O)[nH]c3c2)CC1. The predicted molar refractivity (Wildman–Crippen MR) is 101 cm³/mol. The van der Waals surface area contributed by atoms with Crippen LogP contribution in [0.3, 0.4) is 0 Å². The van der Waals surface area contributed by atoms with Crippen molar-refractivity contribution in [3.05, 3.63) is 58.3 Å². The largest absolute Gasteiger partial charge is 0.365 e. The zero-order valence-electron chi connectivity index (χ0n) is 14.8. The summed E-state index contributed by atoms with van der Waals surface area (Å²) in [5.74, 6) is -0.0179. The number of rotatable bonds is 3. The number of aromatic amines is 3. The molecule has 3 heterocycles. The van der Waals surface area contributed by atoms with Crippen molar-refractivity contribution >= 4 is 22.8 Å². The Labute approximate surface area is 155 Å². The molecule has 8 heteroatoms. The number of nitrogens with one attached hydrogen (secondary N) is 3. The number of fused-ring (bicyclic) bond motifs is 1. The van der Waals surface area contributed by atoms with Crippen LogP contribution < -0.4 is 5.69 Å². The Morgan fingerprint density at radius 3 is 2.56 bits per heavy atom. The minimum Gasteiger partial charge on any atom is -0.365 e. The van der Waals surface area contributed by atoms with E-state index in [-0.39, 0.29) is 17.5 Å². The molecule has 27 heavy (non-hydrogen) atoms. The van der Waals surface area contributed by atoms with E-state index >= 15 is 0 Å². The Morgan fingerprint density at radius 2 is 1.74 bits per heavy atom. The molecule has 1 aliphatic rings. The maximum atomic E-state index is 12.9. The first-order valence-electron chi connectivity index (χ1n) is 9.01. The number of carbonyl (C=O) groups excluding carboxylic acids is 2. The van der Waals surface area contributed by atoms with Crippen LogP contribution in [0, 0.1) is 0 Å². The van der Waals surface area contributed by atoms with Crippen LogP contribution in [-0.2, 0) is 11.2 Å². The van der Waals surface area contributed by atoms with Crippen LogP contribution in [0.1, 0.15) is 22.5 Å². The van der Waals surface area contributed by atoms with E-state index in [2.05, 4.69) is 15.0 Å². The first kappa shape index (κ1) is 17.1. The third kappa shape index (κ3) is 3.64. The van der Waals surface area contributed by atoms with Gasteiger partial charge in [0.25, 0.3) is 5.91 Å². The predicted octanol–water partition coefficient (Wildman–Crippen LogP) is 1.10. The highest BCUT2D eigenvalue weighted by Gasteiger charge is 2.23. The smallest absolute Gasteiger partial charge is 0.323 e. The van der Waals surface area contributed by atoms with Gasteiger partial charge in [0.1, 0.15) is 0 Å². The summed E-state index contributed by atoms with van der Waals surface area (Å²) in [7, 11) is 0. The monoisotopic (exact) mass is 367 g/mol. The van der Waals surface area contributed by atoms with E-state index in [1.165, 1.54) is 0 Å². The molecular weight excluding hydrogens is 346 g/mol. The summed E-state index contributed by atoms with van der Waals surface area (Å²) in [5.41, 5.74) is 2.42. The van der Waals surface area contributed by atoms with E-state index in [4.69, 9.17) is 0 Å². The molecule has 1 aromatic carbocycles. The molecule has 0 spiro atoms. The zero-order valence-corrected chi connectivity index (χ0v) is 14.8. The summed E-state index contributed by atoms with van der Waals surface area (Å²) in [6, 6.07) is 8.90. The lowest BCUT2D eigenvalue weighted by Gasteiger charge is -2.22. The van der Waals surface area contributed by atoms with Gasteiger partial charge in [-0.05, 0) is 36.8 Å². The number of hydrogen-bond acceptors (Lipinski definition) is 3. The first-order valence-corrected chi connectivity index (χ1v) is 9.01. The van der Waals surface area contributed by atoms with Gasteiger partial charge < -0.3 is 24.8 Å². The number of H-pyrrole nitrogens is 3. The molecule has 1 fully saturated rings. The summed E-state index contributed by atoms with van der Waals surface area (Å²) in [6.45, 7) is 2.27. The lowest BCUT2D eigenvalue weighted by molar-refractivity contribution is -0.130. The average molecular weight is 367 g/mol. The number of nitrogens with zero attached hydrogens (tertiary/aromatic N) is 2. The van der Waals surface area contributed by atoms with Crippen molar-refractivity contribution in [3.8, 4) is 0 Å². The molecule has 8 nitrogen and oxygen atoms in total. The number of benzene rings is 1. The summed E-state index contributed by atoms with van der Waals surface area (Å²) < 4.78 is 0. The molecule has 0 bridgehead atoms. The highest BCUT2D eigenvalue weighted by atomic mass is 16.2. The molecule has 0 saturated carbocycles. The quantitative estimate of drug-likeness (QED) is 0.645. The van der Waals surface area contributed by atoms with Crippen LogP contribution in [0.2, 0.25) is 0 Å². The molecule has 3 N–H and O–H groups in total. The van der Waals surface area contributed by atoms with Crippen molar-refractivity contribution in [1.82, 2.24) is 24.8 Å². The van der Waals surface area contributed by atoms with Crippen LogP contribution in [0.4, 0.5) is 0 Å². The van der Waals surface area contributed by atoms with E-state index in [1.807, 2.05) is 17.0 Å². The average Bonchev–Trinajstić information content (AvgIpc) is 3.21. The van der Waals surface area contributed by atoms with Crippen molar-refractivity contribution in [2.75, 3.05) is 26.2 Å². The van der Waals surface area contributed by atoms with Gasteiger partial charge in [-0.15, -0.1) is 0 Å². The van der Waals surface area contributed by atoms with Gasteiger partial charge in [-0.3, -0.25) is 9.59 Å². The van der Waals surface area contributed by atoms with Gasteiger partial charge in [0, 0.05) is 43.6 Å². The number of amides is 2. The minimum atomic E-state index is -0.291. The Morgan fingerprint density at radius 1 is 0.963 bits per heavy atom. The van der Waals surface area contributed by atoms with Crippen molar-refractivity contribution < 1.29 is 9.59 Å². The molecule has 3 aromatic rings. The van der Waals surface area contributed by atoms with E-state index in [1.54, 1.807) is 29.3 Å². The standard InChI is InChI=1S/C19H21N5O3/c25-17(12-14-3-1-6-20-14)23-7-2-8-24(10-9-23)18(26)13-4-5-15-16(11-13)22-19(27)21-15/h1,3-6,11,20H,2,7-10,12H2,(H2,21,22,27). The number of hydrogen-bond donors (Lipinski definition) is 3. The molecule has 1 aliphatic heterocycles. The molecular formula is C19H21N5O3. The van der Waals surface area contributed by atoms with Crippen LogP contribution >= 0.6 is 0 Å². The van der Waals surface area contributed by atoms with E-state index in [0.29, 0.717) is 49.2 Å². The maximum Gasteiger partial charge on any atom is 0.323 e. The summed E-state index contributed by atoms with van der Waals surface area (Å²) in [4.78, 5) is 48.7. The molecule has 0 radical (unpaired) electrons. The van der Waals surface area contributed by atoms with Crippen molar-refractivity contribution in [2.45, 2.75) is 12.8 Å². The lowest BCUT2D eigenvalue weighted by Crippen LogP contribution is -2.38. The second-order valence-corrected chi connectivity index (χ2v) is 6.74.